The lowest BCUT2D eigenvalue weighted by atomic mass is 9.99. The summed E-state index contributed by atoms with van der Waals surface area (Å²) in [5.74, 6) is 0.149. The summed E-state index contributed by atoms with van der Waals surface area (Å²) < 4.78 is 0. The monoisotopic (exact) mass is 336 g/mol. The molecule has 2 aromatic carbocycles. The summed E-state index contributed by atoms with van der Waals surface area (Å²) in [6.45, 7) is 4.22. The fourth-order valence-electron chi connectivity index (χ4n) is 3.30. The highest BCUT2D eigenvalue weighted by molar-refractivity contribution is 5.96. The quantitative estimate of drug-likeness (QED) is 0.864. The van der Waals surface area contributed by atoms with E-state index >= 15 is 0 Å². The third-order valence-electron chi connectivity index (χ3n) is 4.71. The van der Waals surface area contributed by atoms with Crippen molar-refractivity contribution in [3.05, 3.63) is 71.3 Å². The molecule has 1 aliphatic heterocycles. The van der Waals surface area contributed by atoms with E-state index in [2.05, 4.69) is 12.1 Å². The van der Waals surface area contributed by atoms with Crippen molar-refractivity contribution in [1.29, 1.82) is 0 Å². The molecule has 0 radical (unpaired) electrons. The summed E-state index contributed by atoms with van der Waals surface area (Å²) in [6, 6.07) is 18.0. The van der Waals surface area contributed by atoms with Gasteiger partial charge in [-0.15, -0.1) is 0 Å². The Bertz CT molecular complexity index is 743. The average Bonchev–Trinajstić information content (AvgIpc) is 2.89. The first kappa shape index (κ1) is 17.2. The lowest BCUT2D eigenvalue weighted by molar-refractivity contribution is -0.128. The molecule has 1 saturated heterocycles. The number of amides is 2. The SMILES string of the molecule is CC(=O)N1CCCN(C(=O)c2ccccc2Cc2ccccc2)CC1. The minimum Gasteiger partial charge on any atom is -0.341 e. The molecular formula is C21H24N2O2. The number of benzene rings is 2. The Morgan fingerprint density at radius 3 is 2.24 bits per heavy atom. The second kappa shape index (κ2) is 7.97. The van der Waals surface area contributed by atoms with Crippen LogP contribution in [-0.4, -0.2) is 47.8 Å². The second-order valence-corrected chi connectivity index (χ2v) is 6.47. The first-order valence-corrected chi connectivity index (χ1v) is 8.82. The highest BCUT2D eigenvalue weighted by Gasteiger charge is 2.22. The molecule has 0 N–H and O–H groups in total. The largest absolute Gasteiger partial charge is 0.341 e. The topological polar surface area (TPSA) is 40.6 Å². The number of hydrogen-bond donors (Lipinski definition) is 0. The number of nitrogens with zero attached hydrogens (tertiary/aromatic N) is 2. The van der Waals surface area contributed by atoms with Crippen LogP contribution in [-0.2, 0) is 11.2 Å². The lowest BCUT2D eigenvalue weighted by Crippen LogP contribution is -2.36. The third-order valence-corrected chi connectivity index (χ3v) is 4.71. The zero-order chi connectivity index (χ0) is 17.6. The molecule has 3 rings (SSSR count). The molecule has 0 bridgehead atoms. The van der Waals surface area contributed by atoms with Crippen LogP contribution in [0.4, 0.5) is 0 Å². The molecule has 0 aliphatic carbocycles. The molecule has 0 atom stereocenters. The standard InChI is InChI=1S/C21H24N2O2/c1-17(24)22-12-7-13-23(15-14-22)21(25)20-11-6-5-10-19(20)16-18-8-3-2-4-9-18/h2-6,8-11H,7,12-16H2,1H3. The minimum atomic E-state index is 0.0666. The molecule has 1 fully saturated rings. The fraction of sp³-hybridized carbons (Fsp3) is 0.333. The van der Waals surface area contributed by atoms with Crippen molar-refractivity contribution < 1.29 is 9.59 Å². The van der Waals surface area contributed by atoms with Crippen LogP contribution >= 0.6 is 0 Å². The van der Waals surface area contributed by atoms with Gasteiger partial charge in [0.05, 0.1) is 0 Å². The van der Waals surface area contributed by atoms with Crippen LogP contribution < -0.4 is 0 Å². The molecule has 0 aromatic heterocycles. The summed E-state index contributed by atoms with van der Waals surface area (Å²) in [6.07, 6.45) is 1.57. The second-order valence-electron chi connectivity index (χ2n) is 6.47. The predicted molar refractivity (Wildman–Crippen MR) is 98.5 cm³/mol. The van der Waals surface area contributed by atoms with Crippen LogP contribution in [0.1, 0.15) is 34.8 Å². The van der Waals surface area contributed by atoms with E-state index in [4.69, 9.17) is 0 Å². The van der Waals surface area contributed by atoms with E-state index in [0.717, 1.165) is 30.5 Å². The Morgan fingerprint density at radius 2 is 1.48 bits per heavy atom. The molecule has 25 heavy (non-hydrogen) atoms. The van der Waals surface area contributed by atoms with Gasteiger partial charge in [0.15, 0.2) is 0 Å². The third kappa shape index (κ3) is 4.27. The van der Waals surface area contributed by atoms with Crippen LogP contribution in [0.25, 0.3) is 0 Å². The van der Waals surface area contributed by atoms with Gasteiger partial charge in [-0.3, -0.25) is 9.59 Å². The van der Waals surface area contributed by atoms with Crippen LogP contribution in [0.15, 0.2) is 54.6 Å². The van der Waals surface area contributed by atoms with Crippen molar-refractivity contribution in [1.82, 2.24) is 9.80 Å². The van der Waals surface area contributed by atoms with Gasteiger partial charge in [-0.05, 0) is 30.0 Å². The molecule has 2 aromatic rings. The summed E-state index contributed by atoms with van der Waals surface area (Å²) >= 11 is 0. The van der Waals surface area contributed by atoms with Gasteiger partial charge in [-0.25, -0.2) is 0 Å². The van der Waals surface area contributed by atoms with Crippen LogP contribution in [0.5, 0.6) is 0 Å². The van der Waals surface area contributed by atoms with Gasteiger partial charge in [0.1, 0.15) is 0 Å². The molecule has 0 unspecified atom stereocenters. The maximum Gasteiger partial charge on any atom is 0.254 e. The molecular weight excluding hydrogens is 312 g/mol. The minimum absolute atomic E-state index is 0.0666. The molecule has 4 nitrogen and oxygen atoms in total. The van der Waals surface area contributed by atoms with E-state index in [0.29, 0.717) is 19.6 Å². The molecule has 130 valence electrons. The Hall–Kier alpha value is -2.62. The predicted octanol–water partition coefficient (Wildman–Crippen LogP) is 2.97. The molecule has 0 saturated carbocycles. The summed E-state index contributed by atoms with van der Waals surface area (Å²) in [5.41, 5.74) is 3.01. The molecule has 2 amide bonds. The highest BCUT2D eigenvalue weighted by atomic mass is 16.2. The Morgan fingerprint density at radius 1 is 0.840 bits per heavy atom. The van der Waals surface area contributed by atoms with Crippen molar-refractivity contribution in [2.45, 2.75) is 19.8 Å². The summed E-state index contributed by atoms with van der Waals surface area (Å²) in [7, 11) is 0. The van der Waals surface area contributed by atoms with Gasteiger partial charge in [-0.2, -0.15) is 0 Å². The maximum atomic E-state index is 13.1. The van der Waals surface area contributed by atoms with Crippen molar-refractivity contribution in [3.63, 3.8) is 0 Å². The first-order chi connectivity index (χ1) is 12.1. The van der Waals surface area contributed by atoms with Crippen molar-refractivity contribution in [2.75, 3.05) is 26.2 Å². The zero-order valence-corrected chi connectivity index (χ0v) is 14.6. The van der Waals surface area contributed by atoms with Crippen molar-refractivity contribution >= 4 is 11.8 Å². The Labute approximate surface area is 149 Å². The van der Waals surface area contributed by atoms with Gasteiger partial charge >= 0.3 is 0 Å². The van der Waals surface area contributed by atoms with Crippen LogP contribution in [0.2, 0.25) is 0 Å². The average molecular weight is 336 g/mol. The first-order valence-electron chi connectivity index (χ1n) is 8.82. The van der Waals surface area contributed by atoms with E-state index in [9.17, 15) is 9.59 Å². The highest BCUT2D eigenvalue weighted by Crippen LogP contribution is 2.17. The smallest absolute Gasteiger partial charge is 0.254 e. The number of rotatable bonds is 3. The summed E-state index contributed by atoms with van der Waals surface area (Å²) in [4.78, 5) is 28.3. The molecule has 4 heteroatoms. The van der Waals surface area contributed by atoms with E-state index < -0.39 is 0 Å². The molecule has 1 heterocycles. The van der Waals surface area contributed by atoms with Crippen molar-refractivity contribution in [3.8, 4) is 0 Å². The van der Waals surface area contributed by atoms with Crippen LogP contribution in [0.3, 0.4) is 0 Å². The molecule has 1 aliphatic rings. The summed E-state index contributed by atoms with van der Waals surface area (Å²) in [5, 5.41) is 0. The fourth-order valence-corrected chi connectivity index (χ4v) is 3.30. The Kier molecular flexibility index (Phi) is 5.49. The van der Waals surface area contributed by atoms with E-state index in [1.54, 1.807) is 6.92 Å². The van der Waals surface area contributed by atoms with E-state index in [-0.39, 0.29) is 11.8 Å². The van der Waals surface area contributed by atoms with E-state index in [1.165, 1.54) is 5.56 Å². The molecule has 0 spiro atoms. The zero-order valence-electron chi connectivity index (χ0n) is 14.6. The van der Waals surface area contributed by atoms with Crippen molar-refractivity contribution in [2.24, 2.45) is 0 Å². The van der Waals surface area contributed by atoms with Gasteiger partial charge in [-0.1, -0.05) is 48.5 Å². The van der Waals surface area contributed by atoms with Crippen LogP contribution in [0, 0.1) is 0 Å². The van der Waals surface area contributed by atoms with Gasteiger partial charge < -0.3 is 9.80 Å². The number of carbonyl (C=O) groups excluding carboxylic acids is 2. The normalized spacial score (nSPS) is 14.9. The number of carbonyl (C=O) groups is 2. The van der Waals surface area contributed by atoms with Gasteiger partial charge in [0.25, 0.3) is 5.91 Å². The van der Waals surface area contributed by atoms with E-state index in [1.807, 2.05) is 52.3 Å². The van der Waals surface area contributed by atoms with Gasteiger partial charge in [0, 0.05) is 38.7 Å². The maximum absolute atomic E-state index is 13.1. The van der Waals surface area contributed by atoms with Gasteiger partial charge in [0.2, 0.25) is 5.91 Å². The Balaban J connectivity index is 1.77. The lowest BCUT2D eigenvalue weighted by Gasteiger charge is -2.22. The number of hydrogen-bond acceptors (Lipinski definition) is 2.